The molecule has 2 aromatic carbocycles. The summed E-state index contributed by atoms with van der Waals surface area (Å²) >= 11 is 0. The van der Waals surface area contributed by atoms with Gasteiger partial charge in [-0.2, -0.15) is 0 Å². The second-order valence-corrected chi connectivity index (χ2v) is 8.95. The van der Waals surface area contributed by atoms with Crippen LogP contribution in [0.25, 0.3) is 0 Å². The average molecular weight is 435 g/mol. The maximum atomic E-state index is 13.4. The summed E-state index contributed by atoms with van der Waals surface area (Å²) in [6.07, 6.45) is 2.19. The Balaban J connectivity index is 1.37. The number of amides is 2. The molecular weight excluding hydrogens is 400 g/mol. The largest absolute Gasteiger partial charge is 0.341 e. The fourth-order valence-corrected chi connectivity index (χ4v) is 4.71. The van der Waals surface area contributed by atoms with Gasteiger partial charge in [-0.1, -0.05) is 42.5 Å². The van der Waals surface area contributed by atoms with Gasteiger partial charge in [0.2, 0.25) is 11.8 Å². The van der Waals surface area contributed by atoms with Crippen molar-refractivity contribution in [2.75, 3.05) is 51.1 Å². The van der Waals surface area contributed by atoms with Crippen LogP contribution in [-0.2, 0) is 9.59 Å². The molecule has 4 rings (SSSR count). The van der Waals surface area contributed by atoms with E-state index in [0.29, 0.717) is 6.54 Å². The van der Waals surface area contributed by atoms with Crippen molar-refractivity contribution < 1.29 is 9.59 Å². The first-order valence-electron chi connectivity index (χ1n) is 11.7. The van der Waals surface area contributed by atoms with E-state index in [1.54, 1.807) is 0 Å². The van der Waals surface area contributed by atoms with E-state index in [2.05, 4.69) is 40.2 Å². The second kappa shape index (κ2) is 10.3. The van der Waals surface area contributed by atoms with Crippen molar-refractivity contribution in [2.24, 2.45) is 0 Å². The Morgan fingerprint density at radius 2 is 1.56 bits per heavy atom. The summed E-state index contributed by atoms with van der Waals surface area (Å²) < 4.78 is 0. The lowest BCUT2D eigenvalue weighted by Crippen LogP contribution is -2.52. The molecular formula is C26H34N4O2. The molecule has 0 radical (unpaired) electrons. The summed E-state index contributed by atoms with van der Waals surface area (Å²) in [5, 5.41) is 3.06. The highest BCUT2D eigenvalue weighted by Gasteiger charge is 2.34. The summed E-state index contributed by atoms with van der Waals surface area (Å²) in [7, 11) is 0. The number of carbonyl (C=O) groups excluding carboxylic acids is 2. The molecule has 2 saturated heterocycles. The number of likely N-dealkylation sites (tertiary alicyclic amines) is 1. The van der Waals surface area contributed by atoms with Crippen LogP contribution in [0.2, 0.25) is 0 Å². The zero-order valence-electron chi connectivity index (χ0n) is 19.2. The normalized spacial score (nSPS) is 18.5. The van der Waals surface area contributed by atoms with Crippen molar-refractivity contribution >= 4 is 17.5 Å². The van der Waals surface area contributed by atoms with Crippen LogP contribution >= 0.6 is 0 Å². The number of rotatable bonds is 6. The maximum Gasteiger partial charge on any atom is 0.244 e. The van der Waals surface area contributed by atoms with Gasteiger partial charge < -0.3 is 10.2 Å². The Bertz CT molecular complexity index is 932. The molecule has 0 unspecified atom stereocenters. The van der Waals surface area contributed by atoms with Crippen LogP contribution in [0.5, 0.6) is 0 Å². The van der Waals surface area contributed by atoms with E-state index in [4.69, 9.17) is 0 Å². The van der Waals surface area contributed by atoms with Crippen LogP contribution in [0.1, 0.15) is 35.6 Å². The third-order valence-electron chi connectivity index (χ3n) is 6.78. The topological polar surface area (TPSA) is 55.9 Å². The Kier molecular flexibility index (Phi) is 7.22. The number of carbonyl (C=O) groups is 2. The van der Waals surface area contributed by atoms with Gasteiger partial charge in [-0.15, -0.1) is 0 Å². The number of benzene rings is 2. The zero-order chi connectivity index (χ0) is 22.5. The lowest BCUT2D eigenvalue weighted by atomic mass is 10.0. The molecule has 2 aromatic rings. The molecule has 32 heavy (non-hydrogen) atoms. The molecule has 6 heteroatoms. The van der Waals surface area contributed by atoms with Crippen LogP contribution < -0.4 is 5.32 Å². The summed E-state index contributed by atoms with van der Waals surface area (Å²) in [5.41, 5.74) is 4.22. The third-order valence-corrected chi connectivity index (χ3v) is 6.78. The summed E-state index contributed by atoms with van der Waals surface area (Å²) in [6.45, 7) is 9.28. The van der Waals surface area contributed by atoms with Crippen LogP contribution in [0, 0.1) is 13.8 Å². The fourth-order valence-electron chi connectivity index (χ4n) is 4.71. The lowest BCUT2D eigenvalue weighted by molar-refractivity contribution is -0.137. The van der Waals surface area contributed by atoms with Crippen molar-refractivity contribution in [2.45, 2.75) is 32.7 Å². The number of nitrogens with zero attached hydrogens (tertiary/aromatic N) is 3. The first-order chi connectivity index (χ1) is 15.5. The molecule has 6 nitrogen and oxygen atoms in total. The second-order valence-electron chi connectivity index (χ2n) is 8.95. The minimum Gasteiger partial charge on any atom is -0.341 e. The van der Waals surface area contributed by atoms with E-state index in [9.17, 15) is 9.59 Å². The first-order valence-corrected chi connectivity index (χ1v) is 11.7. The van der Waals surface area contributed by atoms with Crippen molar-refractivity contribution in [3.05, 3.63) is 65.2 Å². The zero-order valence-corrected chi connectivity index (χ0v) is 19.2. The van der Waals surface area contributed by atoms with Crippen molar-refractivity contribution in [3.63, 3.8) is 0 Å². The van der Waals surface area contributed by atoms with Crippen LogP contribution in [-0.4, -0.2) is 72.3 Å². The van der Waals surface area contributed by atoms with E-state index in [0.717, 1.165) is 68.9 Å². The molecule has 1 N–H and O–H groups in total. The quantitative estimate of drug-likeness (QED) is 0.759. The number of nitrogens with one attached hydrogen (secondary N) is 1. The highest BCUT2D eigenvalue weighted by Crippen LogP contribution is 2.26. The van der Waals surface area contributed by atoms with Gasteiger partial charge in [-0.3, -0.25) is 19.4 Å². The Labute approximate surface area is 191 Å². The number of hydrogen-bond donors (Lipinski definition) is 1. The van der Waals surface area contributed by atoms with E-state index in [1.807, 2.05) is 42.2 Å². The van der Waals surface area contributed by atoms with Crippen LogP contribution in [0.15, 0.2) is 48.5 Å². The highest BCUT2D eigenvalue weighted by molar-refractivity contribution is 5.93. The van der Waals surface area contributed by atoms with Crippen LogP contribution in [0.4, 0.5) is 5.69 Å². The summed E-state index contributed by atoms with van der Waals surface area (Å²) in [5.74, 6) is 0.231. The van der Waals surface area contributed by atoms with Gasteiger partial charge in [0.25, 0.3) is 0 Å². The highest BCUT2D eigenvalue weighted by atomic mass is 16.2. The van der Waals surface area contributed by atoms with Gasteiger partial charge in [-0.05, 0) is 49.4 Å². The molecule has 0 saturated carbocycles. The van der Waals surface area contributed by atoms with Gasteiger partial charge >= 0.3 is 0 Å². The van der Waals surface area contributed by atoms with E-state index < -0.39 is 0 Å². The molecule has 0 bridgehead atoms. The molecule has 2 fully saturated rings. The standard InChI is InChI=1S/C26H34N4O2/c1-20-9-8-12-23(21(20)2)27-24(31)19-28-15-17-29(18-16-28)25(22-10-4-3-5-11-22)26(32)30-13-6-7-14-30/h3-5,8-12,25H,6-7,13-19H2,1-2H3,(H,27,31)/t25-/m1/s1. The predicted octanol–water partition coefficient (Wildman–Crippen LogP) is 3.22. The van der Waals surface area contributed by atoms with Gasteiger partial charge in [0.15, 0.2) is 0 Å². The van der Waals surface area contributed by atoms with Crippen molar-refractivity contribution in [1.82, 2.24) is 14.7 Å². The average Bonchev–Trinajstić information content (AvgIpc) is 3.34. The summed E-state index contributed by atoms with van der Waals surface area (Å²) in [6, 6.07) is 15.9. The summed E-state index contributed by atoms with van der Waals surface area (Å²) in [4.78, 5) is 32.5. The Hall–Kier alpha value is -2.70. The fraction of sp³-hybridized carbons (Fsp3) is 0.462. The first kappa shape index (κ1) is 22.5. The molecule has 2 amide bonds. The smallest absolute Gasteiger partial charge is 0.244 e. The monoisotopic (exact) mass is 434 g/mol. The molecule has 2 heterocycles. The number of aryl methyl sites for hydroxylation is 1. The van der Waals surface area contributed by atoms with Gasteiger partial charge in [0.05, 0.1) is 6.54 Å². The Morgan fingerprint density at radius 1 is 0.875 bits per heavy atom. The number of piperazine rings is 1. The van der Waals surface area contributed by atoms with Crippen molar-refractivity contribution in [1.29, 1.82) is 0 Å². The molecule has 2 aliphatic heterocycles. The minimum atomic E-state index is -0.236. The van der Waals surface area contributed by atoms with E-state index >= 15 is 0 Å². The molecule has 170 valence electrons. The Morgan fingerprint density at radius 3 is 2.25 bits per heavy atom. The maximum absolute atomic E-state index is 13.4. The van der Waals surface area contributed by atoms with Gasteiger partial charge in [-0.25, -0.2) is 0 Å². The predicted molar refractivity (Wildman–Crippen MR) is 128 cm³/mol. The minimum absolute atomic E-state index is 0.0138. The van der Waals surface area contributed by atoms with Crippen molar-refractivity contribution in [3.8, 4) is 0 Å². The molecule has 0 aliphatic carbocycles. The van der Waals surface area contributed by atoms with Gasteiger partial charge in [0.1, 0.15) is 6.04 Å². The third kappa shape index (κ3) is 5.19. The lowest BCUT2D eigenvalue weighted by Gasteiger charge is -2.39. The number of hydrogen-bond acceptors (Lipinski definition) is 4. The van der Waals surface area contributed by atoms with E-state index in [-0.39, 0.29) is 17.9 Å². The van der Waals surface area contributed by atoms with Crippen LogP contribution in [0.3, 0.4) is 0 Å². The van der Waals surface area contributed by atoms with E-state index in [1.165, 1.54) is 5.56 Å². The molecule has 2 aliphatic rings. The van der Waals surface area contributed by atoms with Gasteiger partial charge in [0, 0.05) is 45.0 Å². The molecule has 0 aromatic heterocycles. The number of anilines is 1. The molecule has 0 spiro atoms. The molecule has 1 atom stereocenters. The SMILES string of the molecule is Cc1cccc(NC(=O)CN2CCN([C@@H](C(=O)N3CCCC3)c3ccccc3)CC2)c1C.